The Morgan fingerprint density at radius 2 is 2.00 bits per heavy atom. The van der Waals surface area contributed by atoms with Gasteiger partial charge in [0.05, 0.1) is 11.6 Å². The topological polar surface area (TPSA) is 115 Å². The number of nitrogens with zero attached hydrogens (tertiary/aromatic N) is 1. The highest BCUT2D eigenvalue weighted by molar-refractivity contribution is 6.21. The van der Waals surface area contributed by atoms with E-state index in [9.17, 15) is 14.7 Å². The Labute approximate surface area is 174 Å². The number of imide groups is 1. The number of rotatable bonds is 6. The van der Waals surface area contributed by atoms with E-state index in [4.69, 9.17) is 10.1 Å². The Balaban J connectivity index is 1.51. The highest BCUT2D eigenvalue weighted by Crippen LogP contribution is 2.33. The second-order valence-corrected chi connectivity index (χ2v) is 7.70. The third-order valence-electron chi connectivity index (χ3n) is 5.71. The lowest BCUT2D eigenvalue weighted by atomic mass is 9.86. The number of phenolic OH excluding ortho intramolecular Hbond substituents is 1. The van der Waals surface area contributed by atoms with Crippen LogP contribution >= 0.6 is 0 Å². The molecule has 2 fully saturated rings. The summed E-state index contributed by atoms with van der Waals surface area (Å²) < 4.78 is 5.91. The first-order chi connectivity index (χ1) is 14.5. The molecule has 0 bridgehead atoms. The number of piperidine rings is 1. The maximum Gasteiger partial charge on any atom is 0.235 e. The van der Waals surface area contributed by atoms with Crippen LogP contribution < -0.4 is 15.4 Å². The van der Waals surface area contributed by atoms with Gasteiger partial charge in [-0.25, -0.2) is 0 Å². The number of nitrogens with one attached hydrogen (secondary N) is 3. The first-order valence-electron chi connectivity index (χ1n) is 10.3. The van der Waals surface area contributed by atoms with Gasteiger partial charge in [0, 0.05) is 44.7 Å². The number of carbonyl (C=O) groups is 2. The van der Waals surface area contributed by atoms with E-state index < -0.39 is 11.8 Å². The number of hydrogen-bond acceptors (Lipinski definition) is 7. The fourth-order valence-corrected chi connectivity index (χ4v) is 4.04. The fraction of sp³-hybridized carbons (Fsp3) is 0.409. The van der Waals surface area contributed by atoms with Crippen LogP contribution in [0.5, 0.6) is 11.5 Å². The zero-order valence-electron chi connectivity index (χ0n) is 16.7. The molecule has 2 aliphatic heterocycles. The lowest BCUT2D eigenvalue weighted by Gasteiger charge is -2.27. The van der Waals surface area contributed by atoms with Crippen molar-refractivity contribution in [2.75, 3.05) is 39.3 Å². The Morgan fingerprint density at radius 1 is 1.20 bits per heavy atom. The van der Waals surface area contributed by atoms with Gasteiger partial charge in [-0.15, -0.1) is 0 Å². The van der Waals surface area contributed by atoms with E-state index in [1.165, 1.54) is 6.07 Å². The molecule has 2 saturated heterocycles. The number of ether oxygens (including phenoxy) is 1. The predicted molar refractivity (Wildman–Crippen MR) is 113 cm³/mol. The van der Waals surface area contributed by atoms with Crippen molar-refractivity contribution in [1.29, 1.82) is 5.41 Å². The smallest absolute Gasteiger partial charge is 0.235 e. The Hall–Kier alpha value is -2.97. The molecule has 0 saturated carbocycles. The molecule has 0 aliphatic carbocycles. The number of aromatic hydroxyl groups is 1. The van der Waals surface area contributed by atoms with Crippen LogP contribution in [-0.4, -0.2) is 66.9 Å². The van der Waals surface area contributed by atoms with Crippen molar-refractivity contribution in [3.63, 3.8) is 0 Å². The van der Waals surface area contributed by atoms with E-state index in [1.807, 2.05) is 18.2 Å². The summed E-state index contributed by atoms with van der Waals surface area (Å²) in [5.41, 5.74) is 0.352. The van der Waals surface area contributed by atoms with Crippen LogP contribution in [0.25, 0.3) is 10.8 Å². The monoisotopic (exact) mass is 410 g/mol. The van der Waals surface area contributed by atoms with Gasteiger partial charge in [0.25, 0.3) is 0 Å². The summed E-state index contributed by atoms with van der Waals surface area (Å²) in [6.07, 6.45) is 0.460. The molecule has 158 valence electrons. The quantitative estimate of drug-likeness (QED) is 0.421. The van der Waals surface area contributed by atoms with Gasteiger partial charge in [-0.3, -0.25) is 19.8 Å². The summed E-state index contributed by atoms with van der Waals surface area (Å²) in [5, 5.41) is 26.1. The van der Waals surface area contributed by atoms with Crippen molar-refractivity contribution in [2.45, 2.75) is 12.8 Å². The molecular formula is C22H26N4O4. The zero-order valence-corrected chi connectivity index (χ0v) is 16.7. The number of amides is 2. The van der Waals surface area contributed by atoms with Gasteiger partial charge >= 0.3 is 0 Å². The number of fused-ring (bicyclic) bond motifs is 1. The minimum absolute atomic E-state index is 0.0236. The summed E-state index contributed by atoms with van der Waals surface area (Å²) in [6.45, 7) is 5.49. The van der Waals surface area contributed by atoms with Gasteiger partial charge in [0.15, 0.2) is 0 Å². The fourth-order valence-electron chi connectivity index (χ4n) is 4.04. The second-order valence-electron chi connectivity index (χ2n) is 7.70. The largest absolute Gasteiger partial charge is 0.507 e. The summed E-state index contributed by atoms with van der Waals surface area (Å²) in [6, 6.07) is 8.82. The van der Waals surface area contributed by atoms with Gasteiger partial charge in [-0.1, -0.05) is 6.07 Å². The Kier molecular flexibility index (Phi) is 5.96. The van der Waals surface area contributed by atoms with Gasteiger partial charge in [0.1, 0.15) is 18.1 Å². The molecule has 2 heterocycles. The lowest BCUT2D eigenvalue weighted by molar-refractivity contribution is -0.134. The van der Waals surface area contributed by atoms with Crippen LogP contribution in [0.15, 0.2) is 30.3 Å². The van der Waals surface area contributed by atoms with Crippen molar-refractivity contribution >= 4 is 28.3 Å². The molecule has 2 amide bonds. The average molecular weight is 410 g/mol. The van der Waals surface area contributed by atoms with E-state index in [0.717, 1.165) is 43.9 Å². The zero-order chi connectivity index (χ0) is 21.1. The third kappa shape index (κ3) is 4.29. The molecule has 8 heteroatoms. The average Bonchev–Trinajstić information content (AvgIpc) is 2.74. The molecule has 4 N–H and O–H groups in total. The van der Waals surface area contributed by atoms with Crippen molar-refractivity contribution in [2.24, 2.45) is 5.92 Å². The van der Waals surface area contributed by atoms with Gasteiger partial charge < -0.3 is 20.6 Å². The number of hydrogen-bond donors (Lipinski definition) is 4. The molecule has 8 nitrogen and oxygen atoms in total. The third-order valence-corrected chi connectivity index (χ3v) is 5.71. The lowest BCUT2D eigenvalue weighted by Crippen LogP contribution is -2.44. The normalized spacial score (nSPS) is 20.2. The van der Waals surface area contributed by atoms with E-state index in [1.54, 1.807) is 6.07 Å². The van der Waals surface area contributed by atoms with E-state index in [2.05, 4.69) is 15.5 Å². The predicted octanol–water partition coefficient (Wildman–Crippen LogP) is 1.25. The molecule has 2 aromatic rings. The van der Waals surface area contributed by atoms with Crippen LogP contribution in [0.4, 0.5) is 0 Å². The standard InChI is InChI=1S/C22H26N4O4/c23-21(17-4-6-19(28)25-22(17)29)20-16-3-2-15(13-14(16)1-5-18(20)27)30-12-11-26-9-7-24-8-10-26/h1-3,5,13,17,23-24,27H,4,6-12H2,(H,25,28,29). The molecule has 30 heavy (non-hydrogen) atoms. The molecule has 4 rings (SSSR count). The molecule has 1 atom stereocenters. The first-order valence-corrected chi connectivity index (χ1v) is 10.3. The molecule has 0 spiro atoms. The summed E-state index contributed by atoms with van der Waals surface area (Å²) in [7, 11) is 0. The number of benzene rings is 2. The molecule has 0 aromatic heterocycles. The second kappa shape index (κ2) is 8.81. The molecule has 2 aromatic carbocycles. The molecule has 2 aliphatic rings. The summed E-state index contributed by atoms with van der Waals surface area (Å²) in [5.74, 6) is -0.894. The Bertz CT molecular complexity index is 985. The highest BCUT2D eigenvalue weighted by atomic mass is 16.5. The van der Waals surface area contributed by atoms with Crippen molar-refractivity contribution in [1.82, 2.24) is 15.5 Å². The van der Waals surface area contributed by atoms with Crippen LogP contribution in [-0.2, 0) is 9.59 Å². The summed E-state index contributed by atoms with van der Waals surface area (Å²) in [4.78, 5) is 26.0. The Morgan fingerprint density at radius 3 is 2.77 bits per heavy atom. The van der Waals surface area contributed by atoms with Crippen LogP contribution in [0.1, 0.15) is 18.4 Å². The number of piperazine rings is 1. The summed E-state index contributed by atoms with van der Waals surface area (Å²) >= 11 is 0. The first kappa shape index (κ1) is 20.3. The van der Waals surface area contributed by atoms with E-state index in [-0.39, 0.29) is 30.2 Å². The van der Waals surface area contributed by atoms with E-state index in [0.29, 0.717) is 17.6 Å². The van der Waals surface area contributed by atoms with Crippen molar-refractivity contribution in [3.05, 3.63) is 35.9 Å². The maximum absolute atomic E-state index is 12.2. The highest BCUT2D eigenvalue weighted by Gasteiger charge is 2.32. The van der Waals surface area contributed by atoms with Crippen molar-refractivity contribution < 1.29 is 19.4 Å². The molecule has 0 radical (unpaired) electrons. The van der Waals surface area contributed by atoms with Crippen LogP contribution in [0, 0.1) is 11.3 Å². The van der Waals surface area contributed by atoms with Crippen LogP contribution in [0.3, 0.4) is 0 Å². The van der Waals surface area contributed by atoms with E-state index >= 15 is 0 Å². The van der Waals surface area contributed by atoms with Gasteiger partial charge in [-0.2, -0.15) is 0 Å². The SMILES string of the molecule is N=C(c1c(O)ccc2cc(OCCN3CCNCC3)ccc12)C1CCC(=O)NC1=O. The molecular weight excluding hydrogens is 384 g/mol. The number of phenols is 1. The van der Waals surface area contributed by atoms with Crippen molar-refractivity contribution in [3.8, 4) is 11.5 Å². The maximum atomic E-state index is 12.2. The van der Waals surface area contributed by atoms with Gasteiger partial charge in [-0.05, 0) is 41.5 Å². The van der Waals surface area contributed by atoms with Gasteiger partial charge in [0.2, 0.25) is 11.8 Å². The minimum atomic E-state index is -0.755. The molecule has 1 unspecified atom stereocenters. The number of carbonyl (C=O) groups excluding carboxylic acids is 2. The minimum Gasteiger partial charge on any atom is -0.507 e. The van der Waals surface area contributed by atoms with Crippen LogP contribution in [0.2, 0.25) is 0 Å².